The molecule has 0 saturated heterocycles. The molecule has 33 heavy (non-hydrogen) atoms. The van der Waals surface area contributed by atoms with Crippen molar-refractivity contribution in [1.29, 1.82) is 0 Å². The van der Waals surface area contributed by atoms with Crippen molar-refractivity contribution in [2.75, 3.05) is 13.7 Å². The van der Waals surface area contributed by atoms with Crippen molar-refractivity contribution in [3.8, 4) is 17.0 Å². The van der Waals surface area contributed by atoms with Gasteiger partial charge in [0, 0.05) is 31.2 Å². The maximum Gasteiger partial charge on any atom is 0.331 e. The highest BCUT2D eigenvalue weighted by Gasteiger charge is 2.33. The zero-order valence-electron chi connectivity index (χ0n) is 18.3. The molecule has 7 nitrogen and oxygen atoms in total. The minimum Gasteiger partial charge on any atom is -0.497 e. The number of hydrogen-bond donors (Lipinski definition) is 0. The Morgan fingerprint density at radius 1 is 1.06 bits per heavy atom. The molecule has 0 saturated carbocycles. The zero-order chi connectivity index (χ0) is 23.4. The smallest absolute Gasteiger partial charge is 0.331 e. The van der Waals surface area contributed by atoms with Gasteiger partial charge in [0.2, 0.25) is 0 Å². The molecule has 0 spiro atoms. The van der Waals surface area contributed by atoms with Crippen LogP contribution >= 0.6 is 23.2 Å². The van der Waals surface area contributed by atoms with E-state index in [1.54, 1.807) is 32.4 Å². The molecule has 0 radical (unpaired) electrons. The number of rotatable bonds is 3. The van der Waals surface area contributed by atoms with E-state index in [9.17, 15) is 9.59 Å². The first kappa shape index (κ1) is 21.8. The van der Waals surface area contributed by atoms with Crippen molar-refractivity contribution in [3.63, 3.8) is 0 Å². The molecule has 170 valence electrons. The Hall–Kier alpha value is -3.00. The van der Waals surface area contributed by atoms with Gasteiger partial charge in [-0.25, -0.2) is 4.79 Å². The van der Waals surface area contributed by atoms with Gasteiger partial charge in [-0.3, -0.25) is 13.9 Å². The molecule has 0 fully saturated rings. The van der Waals surface area contributed by atoms with Crippen LogP contribution in [0.25, 0.3) is 22.2 Å². The highest BCUT2D eigenvalue weighted by molar-refractivity contribution is 6.36. The predicted molar refractivity (Wildman–Crippen MR) is 129 cm³/mol. The lowest BCUT2D eigenvalue weighted by Crippen LogP contribution is -2.37. The van der Waals surface area contributed by atoms with Gasteiger partial charge < -0.3 is 14.0 Å². The molecule has 0 bridgehead atoms. The lowest BCUT2D eigenvalue weighted by Gasteiger charge is -2.28. The van der Waals surface area contributed by atoms with Crippen molar-refractivity contribution < 1.29 is 9.47 Å². The fourth-order valence-corrected chi connectivity index (χ4v) is 5.10. The summed E-state index contributed by atoms with van der Waals surface area (Å²) in [6, 6.07) is 12.8. The van der Waals surface area contributed by atoms with Gasteiger partial charge in [-0.15, -0.1) is 0 Å². The van der Waals surface area contributed by atoms with Crippen LogP contribution in [0.4, 0.5) is 0 Å². The number of methoxy groups -OCH3 is 1. The topological polar surface area (TPSA) is 67.4 Å². The second-order valence-electron chi connectivity index (χ2n) is 7.97. The van der Waals surface area contributed by atoms with E-state index in [4.69, 9.17) is 32.7 Å². The quantitative estimate of drug-likeness (QED) is 0.437. The van der Waals surface area contributed by atoms with E-state index in [0.29, 0.717) is 51.1 Å². The second-order valence-corrected chi connectivity index (χ2v) is 8.81. The van der Waals surface area contributed by atoms with Gasteiger partial charge in [-0.05, 0) is 35.9 Å². The van der Waals surface area contributed by atoms with Crippen molar-refractivity contribution in [1.82, 2.24) is 13.7 Å². The Bertz CT molecular complexity index is 1530. The van der Waals surface area contributed by atoms with Crippen LogP contribution in [0, 0.1) is 0 Å². The van der Waals surface area contributed by atoms with Crippen LogP contribution in [0.5, 0.6) is 5.75 Å². The number of aryl methyl sites for hydroxylation is 1. The lowest BCUT2D eigenvalue weighted by molar-refractivity contribution is 0.0477. The SMILES string of the molecule is COc1cccc([C@H]2OCCn3c(-c4ccc(Cl)cc4Cl)c4c(=O)n(C)c(=O)n(C)c4c32)c1. The number of nitrogens with zero attached hydrogens (tertiary/aromatic N) is 3. The Kier molecular flexibility index (Phi) is 5.35. The van der Waals surface area contributed by atoms with Gasteiger partial charge >= 0.3 is 5.69 Å². The van der Waals surface area contributed by atoms with Gasteiger partial charge in [-0.2, -0.15) is 0 Å². The van der Waals surface area contributed by atoms with E-state index in [0.717, 1.165) is 15.8 Å². The van der Waals surface area contributed by atoms with Crippen LogP contribution in [0.1, 0.15) is 17.4 Å². The molecule has 2 aromatic carbocycles. The molecule has 1 atom stereocenters. The predicted octanol–water partition coefficient (Wildman–Crippen LogP) is 4.14. The molecule has 0 aliphatic carbocycles. The first-order valence-corrected chi connectivity index (χ1v) is 11.1. The third-order valence-corrected chi connectivity index (χ3v) is 6.68. The first-order valence-electron chi connectivity index (χ1n) is 10.4. The van der Waals surface area contributed by atoms with Gasteiger partial charge in [0.1, 0.15) is 11.9 Å². The Labute approximate surface area is 199 Å². The van der Waals surface area contributed by atoms with E-state index < -0.39 is 11.8 Å². The summed E-state index contributed by atoms with van der Waals surface area (Å²) in [6.45, 7) is 0.915. The molecule has 1 aliphatic rings. The van der Waals surface area contributed by atoms with Crippen molar-refractivity contribution >= 4 is 34.1 Å². The number of hydrogen-bond acceptors (Lipinski definition) is 4. The summed E-state index contributed by atoms with van der Waals surface area (Å²) in [5.41, 5.74) is 2.62. The summed E-state index contributed by atoms with van der Waals surface area (Å²) in [6.07, 6.45) is -0.506. The number of ether oxygens (including phenoxy) is 2. The van der Waals surface area contributed by atoms with Gasteiger partial charge in [0.25, 0.3) is 5.56 Å². The van der Waals surface area contributed by atoms with Gasteiger partial charge in [0.05, 0.1) is 41.0 Å². The first-order chi connectivity index (χ1) is 15.8. The summed E-state index contributed by atoms with van der Waals surface area (Å²) in [5, 5.41) is 1.33. The molecule has 5 rings (SSSR count). The van der Waals surface area contributed by atoms with E-state index in [-0.39, 0.29) is 5.56 Å². The molecule has 4 aromatic rings. The summed E-state index contributed by atoms with van der Waals surface area (Å²) >= 11 is 12.7. The third-order valence-electron chi connectivity index (χ3n) is 6.14. The second kappa shape index (κ2) is 8.09. The highest BCUT2D eigenvalue weighted by Crippen LogP contribution is 2.43. The van der Waals surface area contributed by atoms with E-state index in [1.165, 1.54) is 11.6 Å². The maximum absolute atomic E-state index is 13.4. The minimum absolute atomic E-state index is 0.389. The lowest BCUT2D eigenvalue weighted by atomic mass is 10.0. The molecule has 0 unspecified atom stereocenters. The molecular weight excluding hydrogens is 465 g/mol. The molecular formula is C24H21Cl2N3O4. The summed E-state index contributed by atoms with van der Waals surface area (Å²) in [7, 11) is 4.74. The summed E-state index contributed by atoms with van der Waals surface area (Å²) in [4.78, 5) is 26.3. The summed E-state index contributed by atoms with van der Waals surface area (Å²) in [5.74, 6) is 0.690. The van der Waals surface area contributed by atoms with E-state index >= 15 is 0 Å². The Balaban J connectivity index is 1.94. The van der Waals surface area contributed by atoms with Gasteiger partial charge in [0.15, 0.2) is 0 Å². The van der Waals surface area contributed by atoms with E-state index in [1.807, 2.05) is 28.8 Å². The van der Waals surface area contributed by atoms with Gasteiger partial charge in [-0.1, -0.05) is 35.3 Å². The third kappa shape index (κ3) is 3.30. The van der Waals surface area contributed by atoms with Crippen molar-refractivity contribution in [2.45, 2.75) is 12.6 Å². The Morgan fingerprint density at radius 3 is 2.58 bits per heavy atom. The average molecular weight is 486 g/mol. The van der Waals surface area contributed by atoms with Crippen LogP contribution in [0.2, 0.25) is 10.0 Å². The standard InChI is InChI=1S/C24H21Cl2N3O4/c1-27-20-18(23(30)28(2)24(27)31)19(16-8-7-14(25)12-17(16)26)29-9-10-33-22(21(20)29)13-5-4-6-15(11-13)32-3/h4-8,11-12,22H,9-10H2,1-3H3/t22-/m1/s1. The molecule has 9 heteroatoms. The fraction of sp³-hybridized carbons (Fsp3) is 0.250. The van der Waals surface area contributed by atoms with Crippen molar-refractivity contribution in [2.24, 2.45) is 14.1 Å². The summed E-state index contributed by atoms with van der Waals surface area (Å²) < 4.78 is 16.3. The van der Waals surface area contributed by atoms with Crippen LogP contribution in [0.3, 0.4) is 0 Å². The monoisotopic (exact) mass is 485 g/mol. The van der Waals surface area contributed by atoms with Crippen molar-refractivity contribution in [3.05, 3.63) is 84.6 Å². The molecule has 0 amide bonds. The number of halogens is 2. The number of fused-ring (bicyclic) bond motifs is 3. The fourth-order valence-electron chi connectivity index (χ4n) is 4.60. The van der Waals surface area contributed by atoms with E-state index in [2.05, 4.69) is 0 Å². The average Bonchev–Trinajstić information content (AvgIpc) is 3.16. The number of benzene rings is 2. The molecule has 1 aliphatic heterocycles. The molecule has 2 aromatic heterocycles. The Morgan fingerprint density at radius 2 is 1.85 bits per heavy atom. The zero-order valence-corrected chi connectivity index (χ0v) is 19.8. The van der Waals surface area contributed by atoms with Crippen LogP contribution in [-0.2, 0) is 25.4 Å². The largest absolute Gasteiger partial charge is 0.497 e. The normalized spacial score (nSPS) is 15.6. The highest BCUT2D eigenvalue weighted by atomic mass is 35.5. The van der Waals surface area contributed by atoms with Crippen LogP contribution in [-0.4, -0.2) is 27.4 Å². The van der Waals surface area contributed by atoms with Crippen LogP contribution in [0.15, 0.2) is 52.1 Å². The molecule has 3 heterocycles. The van der Waals surface area contributed by atoms with Crippen LogP contribution < -0.4 is 16.0 Å². The molecule has 0 N–H and O–H groups in total. The maximum atomic E-state index is 13.4. The number of aromatic nitrogens is 3. The minimum atomic E-state index is -0.506.